The molecule has 0 spiro atoms. The van der Waals surface area contributed by atoms with Gasteiger partial charge in [-0.15, -0.1) is 0 Å². The Morgan fingerprint density at radius 2 is 2.10 bits per heavy atom. The molecule has 1 fully saturated rings. The van der Waals surface area contributed by atoms with Crippen molar-refractivity contribution in [3.8, 4) is 11.5 Å². The Morgan fingerprint density at radius 1 is 1.38 bits per heavy atom. The summed E-state index contributed by atoms with van der Waals surface area (Å²) in [5.74, 6) is 1.19. The number of aliphatic carboxylic acids is 1. The lowest BCUT2D eigenvalue weighted by molar-refractivity contribution is -0.137. The average molecular weight is 311 g/mol. The normalized spacial score (nSPS) is 18.1. The van der Waals surface area contributed by atoms with E-state index in [2.05, 4.69) is 13.8 Å². The average Bonchev–Trinajstić information content (AvgIpc) is 3.13. The molecule has 0 bridgehead atoms. The molecule has 21 heavy (non-hydrogen) atoms. The second-order valence-corrected chi connectivity index (χ2v) is 6.52. The maximum Gasteiger partial charge on any atom is 0.303 e. The van der Waals surface area contributed by atoms with Crippen LogP contribution in [0, 0.1) is 5.92 Å². The van der Waals surface area contributed by atoms with E-state index in [4.69, 9.17) is 21.1 Å². The van der Waals surface area contributed by atoms with Gasteiger partial charge in [-0.05, 0) is 36.2 Å². The van der Waals surface area contributed by atoms with Crippen LogP contribution in [-0.2, 0) is 4.79 Å². The monoisotopic (exact) mass is 310 g/mol. The largest absolute Gasteiger partial charge is 0.481 e. The van der Waals surface area contributed by atoms with Gasteiger partial charge in [0.1, 0.15) is 0 Å². The Morgan fingerprint density at radius 3 is 2.67 bits per heavy atom. The molecule has 0 aromatic heterocycles. The highest BCUT2D eigenvalue weighted by Crippen LogP contribution is 2.53. The minimum absolute atomic E-state index is 0.0399. The standard InChI is InChI=1S/C16H19ClO4/c1-8(2)14-15(10(5-13(18)19)9-3-4-9)11(17)6-12-16(14)21-7-20-12/h6,8-10H,3-5,7H2,1-2H3,(H,18,19). The minimum atomic E-state index is -0.782. The van der Waals surface area contributed by atoms with Gasteiger partial charge in [-0.1, -0.05) is 25.4 Å². The zero-order valence-corrected chi connectivity index (χ0v) is 12.9. The Labute approximate surface area is 129 Å². The number of hydrogen-bond donors (Lipinski definition) is 1. The van der Waals surface area contributed by atoms with Gasteiger partial charge in [0.05, 0.1) is 6.42 Å². The molecule has 1 saturated carbocycles. The number of carboxylic acids is 1. The summed E-state index contributed by atoms with van der Waals surface area (Å²) in [5.41, 5.74) is 1.95. The number of ether oxygens (including phenoxy) is 2. The summed E-state index contributed by atoms with van der Waals surface area (Å²) in [5, 5.41) is 9.83. The highest BCUT2D eigenvalue weighted by atomic mass is 35.5. The number of carboxylic acid groups (broad SMARTS) is 1. The predicted octanol–water partition coefficient (Wildman–Crippen LogP) is 4.16. The van der Waals surface area contributed by atoms with Crippen LogP contribution < -0.4 is 9.47 Å². The van der Waals surface area contributed by atoms with E-state index < -0.39 is 5.97 Å². The topological polar surface area (TPSA) is 55.8 Å². The summed E-state index contributed by atoms with van der Waals surface area (Å²) in [7, 11) is 0. The van der Waals surface area contributed by atoms with Gasteiger partial charge in [0, 0.05) is 16.7 Å². The number of rotatable bonds is 5. The molecule has 1 aromatic rings. The predicted molar refractivity (Wildman–Crippen MR) is 79.4 cm³/mol. The third-order valence-corrected chi connectivity index (χ3v) is 4.54. The van der Waals surface area contributed by atoms with Crippen molar-refractivity contribution >= 4 is 17.6 Å². The Hall–Kier alpha value is -1.42. The van der Waals surface area contributed by atoms with Crippen LogP contribution in [0.4, 0.5) is 0 Å². The molecular weight excluding hydrogens is 292 g/mol. The summed E-state index contributed by atoms with van der Waals surface area (Å²) in [6, 6.07) is 1.77. The van der Waals surface area contributed by atoms with E-state index in [0.717, 1.165) is 29.7 Å². The van der Waals surface area contributed by atoms with Gasteiger partial charge in [0.2, 0.25) is 6.79 Å². The molecule has 0 amide bonds. The molecule has 1 aromatic carbocycles. The van der Waals surface area contributed by atoms with E-state index >= 15 is 0 Å². The second-order valence-electron chi connectivity index (χ2n) is 6.12. The fourth-order valence-corrected chi connectivity index (χ4v) is 3.53. The van der Waals surface area contributed by atoms with Crippen molar-refractivity contribution in [2.24, 2.45) is 5.92 Å². The third-order valence-electron chi connectivity index (χ3n) is 4.23. The van der Waals surface area contributed by atoms with Crippen LogP contribution in [0.25, 0.3) is 0 Å². The summed E-state index contributed by atoms with van der Waals surface area (Å²) >= 11 is 6.48. The Balaban J connectivity index is 2.13. The van der Waals surface area contributed by atoms with Crippen LogP contribution in [0.3, 0.4) is 0 Å². The molecule has 1 N–H and O–H groups in total. The number of hydrogen-bond acceptors (Lipinski definition) is 3. The molecular formula is C16H19ClO4. The first-order valence-corrected chi connectivity index (χ1v) is 7.70. The highest BCUT2D eigenvalue weighted by Gasteiger charge is 2.38. The van der Waals surface area contributed by atoms with Crippen LogP contribution in [-0.4, -0.2) is 17.9 Å². The molecule has 1 heterocycles. The molecule has 0 saturated heterocycles. The van der Waals surface area contributed by atoms with Crippen molar-refractivity contribution in [3.05, 3.63) is 22.2 Å². The Kier molecular flexibility index (Phi) is 3.74. The van der Waals surface area contributed by atoms with Gasteiger partial charge < -0.3 is 14.6 Å². The zero-order chi connectivity index (χ0) is 15.1. The Bertz CT molecular complexity index is 578. The maximum atomic E-state index is 11.2. The number of halogens is 1. The molecule has 114 valence electrons. The highest BCUT2D eigenvalue weighted by molar-refractivity contribution is 6.31. The van der Waals surface area contributed by atoms with Gasteiger partial charge in [-0.3, -0.25) is 4.79 Å². The summed E-state index contributed by atoms with van der Waals surface area (Å²) in [6.07, 6.45) is 2.25. The van der Waals surface area contributed by atoms with Crippen molar-refractivity contribution < 1.29 is 19.4 Å². The van der Waals surface area contributed by atoms with Gasteiger partial charge >= 0.3 is 5.97 Å². The number of benzene rings is 1. The van der Waals surface area contributed by atoms with Gasteiger partial charge in [0.25, 0.3) is 0 Å². The van der Waals surface area contributed by atoms with E-state index in [0.29, 0.717) is 16.7 Å². The summed E-state index contributed by atoms with van der Waals surface area (Å²) < 4.78 is 11.1. The van der Waals surface area contributed by atoms with E-state index in [1.54, 1.807) is 6.07 Å². The van der Waals surface area contributed by atoms with Crippen molar-refractivity contribution in [1.29, 1.82) is 0 Å². The summed E-state index contributed by atoms with van der Waals surface area (Å²) in [4.78, 5) is 11.2. The smallest absolute Gasteiger partial charge is 0.303 e. The van der Waals surface area contributed by atoms with E-state index in [1.807, 2.05) is 0 Å². The quantitative estimate of drug-likeness (QED) is 0.887. The van der Waals surface area contributed by atoms with Crippen LogP contribution >= 0.6 is 11.6 Å². The molecule has 3 rings (SSSR count). The number of carbonyl (C=O) groups is 1. The zero-order valence-electron chi connectivity index (χ0n) is 12.2. The van der Waals surface area contributed by atoms with Crippen LogP contribution in [0.2, 0.25) is 5.02 Å². The van der Waals surface area contributed by atoms with Crippen molar-refractivity contribution in [2.75, 3.05) is 6.79 Å². The molecule has 1 atom stereocenters. The van der Waals surface area contributed by atoms with Gasteiger partial charge in [-0.25, -0.2) is 0 Å². The maximum absolute atomic E-state index is 11.2. The van der Waals surface area contributed by atoms with Crippen LogP contribution in [0.1, 0.15) is 56.1 Å². The van der Waals surface area contributed by atoms with Crippen LogP contribution in [0.15, 0.2) is 6.07 Å². The van der Waals surface area contributed by atoms with Crippen LogP contribution in [0.5, 0.6) is 11.5 Å². The lowest BCUT2D eigenvalue weighted by Crippen LogP contribution is -2.12. The molecule has 2 aliphatic rings. The first-order valence-electron chi connectivity index (χ1n) is 7.32. The van der Waals surface area contributed by atoms with E-state index in [-0.39, 0.29) is 25.0 Å². The lowest BCUT2D eigenvalue weighted by Gasteiger charge is -2.23. The first kappa shape index (κ1) is 14.5. The first-order chi connectivity index (χ1) is 9.99. The van der Waals surface area contributed by atoms with Gasteiger partial charge in [0.15, 0.2) is 11.5 Å². The van der Waals surface area contributed by atoms with Crippen molar-refractivity contribution in [2.45, 2.75) is 44.9 Å². The van der Waals surface area contributed by atoms with E-state index in [1.165, 1.54) is 0 Å². The SMILES string of the molecule is CC(C)c1c2c(cc(Cl)c1C(CC(=O)O)C1CC1)OCO2. The number of fused-ring (bicyclic) bond motifs is 1. The van der Waals surface area contributed by atoms with Gasteiger partial charge in [-0.2, -0.15) is 0 Å². The molecule has 1 unspecified atom stereocenters. The van der Waals surface area contributed by atoms with Crippen molar-refractivity contribution in [1.82, 2.24) is 0 Å². The molecule has 4 nitrogen and oxygen atoms in total. The molecule has 5 heteroatoms. The minimum Gasteiger partial charge on any atom is -0.481 e. The lowest BCUT2D eigenvalue weighted by atomic mass is 9.83. The van der Waals surface area contributed by atoms with Crippen molar-refractivity contribution in [3.63, 3.8) is 0 Å². The second kappa shape index (κ2) is 5.41. The summed E-state index contributed by atoms with van der Waals surface area (Å²) in [6.45, 7) is 4.34. The molecule has 0 radical (unpaired) electrons. The third kappa shape index (κ3) is 2.69. The fraction of sp³-hybridized carbons (Fsp3) is 0.562. The van der Waals surface area contributed by atoms with E-state index in [9.17, 15) is 9.90 Å². The molecule has 1 aliphatic carbocycles. The fourth-order valence-electron chi connectivity index (χ4n) is 3.19. The molecule has 1 aliphatic heterocycles.